The smallest absolute Gasteiger partial charge is 0.410 e. The molecule has 1 heterocycles. The van der Waals surface area contributed by atoms with Crippen LogP contribution in [0.5, 0.6) is 0 Å². The molecule has 1 amide bonds. The normalized spacial score (nSPS) is 24.0. The first-order valence-electron chi connectivity index (χ1n) is 4.92. The molecule has 1 N–H and O–H groups in total. The van der Waals surface area contributed by atoms with Crippen LogP contribution in [0.3, 0.4) is 0 Å². The third-order valence-electron chi connectivity index (χ3n) is 2.37. The van der Waals surface area contributed by atoms with Crippen LogP contribution in [-0.2, 0) is 14.3 Å². The molecule has 0 bridgehead atoms. The molecule has 0 aliphatic carbocycles. The van der Waals surface area contributed by atoms with Gasteiger partial charge in [0.25, 0.3) is 0 Å². The Hall–Kier alpha value is -1.56. The van der Waals surface area contributed by atoms with Crippen molar-refractivity contribution in [2.24, 2.45) is 0 Å². The molecule has 1 saturated heterocycles. The lowest BCUT2D eigenvalue weighted by Crippen LogP contribution is -2.45. The van der Waals surface area contributed by atoms with E-state index in [1.54, 1.807) is 0 Å². The van der Waals surface area contributed by atoms with Gasteiger partial charge in [-0.1, -0.05) is 12.7 Å². The third-order valence-corrected chi connectivity index (χ3v) is 2.37. The zero-order valence-corrected chi connectivity index (χ0v) is 9.09. The van der Waals surface area contributed by atoms with Gasteiger partial charge < -0.3 is 14.6 Å². The van der Waals surface area contributed by atoms with Crippen molar-refractivity contribution in [2.45, 2.75) is 18.6 Å². The Kier molecular flexibility index (Phi) is 4.30. The van der Waals surface area contributed by atoms with Crippen LogP contribution in [0.15, 0.2) is 12.7 Å². The summed E-state index contributed by atoms with van der Waals surface area (Å²) < 4.78 is 9.32. The predicted octanol–water partition coefficient (Wildman–Crippen LogP) is -0.0828. The monoisotopic (exact) mass is 229 g/mol. The van der Waals surface area contributed by atoms with Crippen LogP contribution in [0.25, 0.3) is 0 Å². The molecule has 0 saturated carbocycles. The molecular weight excluding hydrogens is 214 g/mol. The molecule has 0 aromatic carbocycles. The lowest BCUT2D eigenvalue weighted by Gasteiger charge is -2.22. The van der Waals surface area contributed by atoms with E-state index >= 15 is 0 Å². The lowest BCUT2D eigenvalue weighted by molar-refractivity contribution is -0.148. The molecule has 1 aliphatic heterocycles. The minimum atomic E-state index is -0.970. The van der Waals surface area contributed by atoms with Crippen molar-refractivity contribution in [2.75, 3.05) is 20.3 Å². The predicted molar refractivity (Wildman–Crippen MR) is 54.7 cm³/mol. The van der Waals surface area contributed by atoms with Crippen molar-refractivity contribution >= 4 is 12.1 Å². The highest BCUT2D eigenvalue weighted by atomic mass is 16.6. The number of hydrogen-bond donors (Lipinski definition) is 1. The number of nitrogens with zero attached hydrogens (tertiary/aromatic N) is 1. The van der Waals surface area contributed by atoms with Gasteiger partial charge in [0.2, 0.25) is 0 Å². The van der Waals surface area contributed by atoms with Gasteiger partial charge in [-0.05, 0) is 6.42 Å². The fourth-order valence-electron chi connectivity index (χ4n) is 1.60. The summed E-state index contributed by atoms with van der Waals surface area (Å²) in [4.78, 5) is 24.0. The quantitative estimate of drug-likeness (QED) is 0.541. The molecule has 0 radical (unpaired) electrons. The number of hydrogen-bond acceptors (Lipinski definition) is 5. The number of carbonyl (C=O) groups is 2. The first kappa shape index (κ1) is 12.5. The van der Waals surface area contributed by atoms with Gasteiger partial charge in [-0.15, -0.1) is 0 Å². The molecular formula is C10H15NO5. The Labute approximate surface area is 93.4 Å². The topological polar surface area (TPSA) is 76.1 Å². The number of aliphatic hydroxyl groups excluding tert-OH is 1. The minimum Gasteiger partial charge on any atom is -0.467 e. The summed E-state index contributed by atoms with van der Waals surface area (Å²) in [5, 5.41) is 9.56. The van der Waals surface area contributed by atoms with E-state index in [4.69, 9.17) is 4.74 Å². The zero-order chi connectivity index (χ0) is 12.1. The standard InChI is InChI=1S/C10H15NO5/c1-3-6-16-10(14)11-5-4-7(12)8(11)9(13)15-2/h3,7-8,12H,1,4-6H2,2H3/t7?,8-/m0/s1. The van der Waals surface area contributed by atoms with E-state index in [2.05, 4.69) is 11.3 Å². The number of methoxy groups -OCH3 is 1. The Balaban J connectivity index is 2.67. The van der Waals surface area contributed by atoms with E-state index in [1.807, 2.05) is 0 Å². The largest absolute Gasteiger partial charge is 0.467 e. The summed E-state index contributed by atoms with van der Waals surface area (Å²) in [7, 11) is 1.21. The van der Waals surface area contributed by atoms with Gasteiger partial charge in [0.1, 0.15) is 6.61 Å². The van der Waals surface area contributed by atoms with Gasteiger partial charge in [-0.25, -0.2) is 9.59 Å². The Morgan fingerprint density at radius 1 is 1.62 bits per heavy atom. The molecule has 1 fully saturated rings. The maximum atomic E-state index is 11.5. The van der Waals surface area contributed by atoms with E-state index in [-0.39, 0.29) is 13.2 Å². The van der Waals surface area contributed by atoms with Crippen LogP contribution >= 0.6 is 0 Å². The summed E-state index contributed by atoms with van der Waals surface area (Å²) in [6.07, 6.45) is 0.219. The Morgan fingerprint density at radius 2 is 2.31 bits per heavy atom. The molecule has 1 rings (SSSR count). The fraction of sp³-hybridized carbons (Fsp3) is 0.600. The first-order valence-corrected chi connectivity index (χ1v) is 4.92. The number of ether oxygens (including phenoxy) is 2. The number of aliphatic hydroxyl groups is 1. The average molecular weight is 229 g/mol. The van der Waals surface area contributed by atoms with Crippen molar-refractivity contribution in [3.63, 3.8) is 0 Å². The maximum absolute atomic E-state index is 11.5. The molecule has 1 unspecified atom stereocenters. The van der Waals surface area contributed by atoms with Gasteiger partial charge in [0.05, 0.1) is 13.2 Å². The number of likely N-dealkylation sites (tertiary alicyclic amines) is 1. The second-order valence-electron chi connectivity index (χ2n) is 3.38. The zero-order valence-electron chi connectivity index (χ0n) is 9.09. The van der Waals surface area contributed by atoms with Crippen LogP contribution in [0.1, 0.15) is 6.42 Å². The lowest BCUT2D eigenvalue weighted by atomic mass is 10.2. The van der Waals surface area contributed by atoms with Crippen molar-refractivity contribution in [1.82, 2.24) is 4.90 Å². The maximum Gasteiger partial charge on any atom is 0.410 e. The van der Waals surface area contributed by atoms with Gasteiger partial charge in [-0.2, -0.15) is 0 Å². The van der Waals surface area contributed by atoms with E-state index < -0.39 is 24.2 Å². The third kappa shape index (κ3) is 2.52. The molecule has 16 heavy (non-hydrogen) atoms. The Morgan fingerprint density at radius 3 is 2.88 bits per heavy atom. The highest BCUT2D eigenvalue weighted by molar-refractivity contribution is 5.82. The van der Waals surface area contributed by atoms with Crippen molar-refractivity contribution < 1.29 is 24.2 Å². The van der Waals surface area contributed by atoms with E-state index in [0.29, 0.717) is 6.42 Å². The molecule has 0 aromatic heterocycles. The molecule has 1 aliphatic rings. The first-order chi connectivity index (χ1) is 7.61. The summed E-state index contributed by atoms with van der Waals surface area (Å²) in [6.45, 7) is 3.75. The van der Waals surface area contributed by atoms with E-state index in [9.17, 15) is 14.7 Å². The van der Waals surface area contributed by atoms with Crippen molar-refractivity contribution in [3.05, 3.63) is 12.7 Å². The fourth-order valence-corrected chi connectivity index (χ4v) is 1.60. The van der Waals surface area contributed by atoms with E-state index in [0.717, 1.165) is 0 Å². The molecule has 6 heteroatoms. The number of amides is 1. The van der Waals surface area contributed by atoms with Crippen LogP contribution < -0.4 is 0 Å². The van der Waals surface area contributed by atoms with E-state index in [1.165, 1.54) is 18.1 Å². The second kappa shape index (κ2) is 5.50. The van der Waals surface area contributed by atoms with Crippen LogP contribution in [0, 0.1) is 0 Å². The van der Waals surface area contributed by atoms with Crippen molar-refractivity contribution in [3.8, 4) is 0 Å². The highest BCUT2D eigenvalue weighted by Gasteiger charge is 2.42. The molecule has 6 nitrogen and oxygen atoms in total. The van der Waals surface area contributed by atoms with Gasteiger partial charge >= 0.3 is 12.1 Å². The average Bonchev–Trinajstić information content (AvgIpc) is 2.67. The second-order valence-corrected chi connectivity index (χ2v) is 3.38. The number of rotatable bonds is 3. The van der Waals surface area contributed by atoms with Crippen molar-refractivity contribution in [1.29, 1.82) is 0 Å². The molecule has 90 valence electrons. The van der Waals surface area contributed by atoms with Crippen LogP contribution in [-0.4, -0.2) is 54.5 Å². The Bertz CT molecular complexity index is 291. The highest BCUT2D eigenvalue weighted by Crippen LogP contribution is 2.20. The molecule has 0 aromatic rings. The summed E-state index contributed by atoms with van der Waals surface area (Å²) in [5.41, 5.74) is 0. The van der Waals surface area contributed by atoms with Gasteiger partial charge in [-0.3, -0.25) is 4.90 Å². The van der Waals surface area contributed by atoms with Crippen LogP contribution in [0.4, 0.5) is 4.79 Å². The summed E-state index contributed by atoms with van der Waals surface area (Å²) in [5.74, 6) is -0.638. The van der Waals surface area contributed by atoms with Crippen LogP contribution in [0.2, 0.25) is 0 Å². The SMILES string of the molecule is C=CCOC(=O)N1CCC(O)[C@H]1C(=O)OC. The summed E-state index contributed by atoms with van der Waals surface area (Å²) >= 11 is 0. The minimum absolute atomic E-state index is 0.0688. The summed E-state index contributed by atoms with van der Waals surface area (Å²) in [6, 6.07) is -0.970. The molecule has 2 atom stereocenters. The molecule has 0 spiro atoms. The van der Waals surface area contributed by atoms with Gasteiger partial charge in [0, 0.05) is 6.54 Å². The number of carbonyl (C=O) groups excluding carboxylic acids is 2. The number of esters is 1. The van der Waals surface area contributed by atoms with Gasteiger partial charge in [0.15, 0.2) is 6.04 Å².